The molecule has 0 aliphatic carbocycles. The van der Waals surface area contributed by atoms with E-state index < -0.39 is 5.97 Å². The molecule has 0 spiro atoms. The lowest BCUT2D eigenvalue weighted by Gasteiger charge is -2.01. The summed E-state index contributed by atoms with van der Waals surface area (Å²) in [6.07, 6.45) is 0.106. The van der Waals surface area contributed by atoms with E-state index in [0.29, 0.717) is 16.7 Å². The van der Waals surface area contributed by atoms with Crippen LogP contribution < -0.4 is 5.32 Å². The van der Waals surface area contributed by atoms with Gasteiger partial charge in [0.05, 0.1) is 16.2 Å². The van der Waals surface area contributed by atoms with Crippen LogP contribution >= 0.6 is 34.7 Å². The van der Waals surface area contributed by atoms with Gasteiger partial charge in [-0.3, -0.25) is 4.79 Å². The van der Waals surface area contributed by atoms with Crippen molar-refractivity contribution < 1.29 is 14.3 Å². The largest absolute Gasteiger partial charge is 0.481 e. The van der Waals surface area contributed by atoms with Gasteiger partial charge >= 0.3 is 12.0 Å². The minimum absolute atomic E-state index is 0.106. The monoisotopic (exact) mass is 381 g/mol. The Kier molecular flexibility index (Phi) is 5.39. The number of rotatable bonds is 7. The molecule has 0 saturated carbocycles. The summed E-state index contributed by atoms with van der Waals surface area (Å²) >= 11 is 8.83. The van der Waals surface area contributed by atoms with Crippen molar-refractivity contribution in [3.05, 3.63) is 40.7 Å². The van der Waals surface area contributed by atoms with Crippen molar-refractivity contribution in [2.75, 3.05) is 11.1 Å². The second kappa shape index (κ2) is 7.69. The van der Waals surface area contributed by atoms with Crippen LogP contribution in [-0.2, 0) is 4.79 Å². The topological polar surface area (TPSA) is 88.2 Å². The summed E-state index contributed by atoms with van der Waals surface area (Å²) in [7, 11) is 0. The average Bonchev–Trinajstić information content (AvgIpc) is 3.18. The standard InChI is InChI=1S/C15H12ClN3O3S2/c16-9-1-3-10(4-2-9)17-15-19-18-13(22-15)11-5-7-23-14(11)24-8-6-12(20)21/h1-5,7H,6,8H2,(H,17,19)(H,20,21). The van der Waals surface area contributed by atoms with E-state index in [4.69, 9.17) is 21.1 Å². The average molecular weight is 382 g/mol. The number of hydrogen-bond donors (Lipinski definition) is 2. The van der Waals surface area contributed by atoms with Crippen LogP contribution in [0, 0.1) is 0 Å². The number of aliphatic carboxylic acids is 1. The highest BCUT2D eigenvalue weighted by atomic mass is 35.5. The van der Waals surface area contributed by atoms with Gasteiger partial charge in [-0.1, -0.05) is 16.7 Å². The van der Waals surface area contributed by atoms with Gasteiger partial charge in [0.2, 0.25) is 0 Å². The lowest BCUT2D eigenvalue weighted by molar-refractivity contribution is -0.136. The molecule has 9 heteroatoms. The summed E-state index contributed by atoms with van der Waals surface area (Å²) in [6, 6.07) is 9.30. The number of carbonyl (C=O) groups is 1. The van der Waals surface area contributed by atoms with Crippen LogP contribution in [0.1, 0.15) is 6.42 Å². The highest BCUT2D eigenvalue weighted by Crippen LogP contribution is 2.36. The van der Waals surface area contributed by atoms with Gasteiger partial charge in [0.25, 0.3) is 5.89 Å². The molecule has 3 aromatic rings. The van der Waals surface area contributed by atoms with Crippen LogP contribution in [0.3, 0.4) is 0 Å². The van der Waals surface area contributed by atoms with E-state index in [-0.39, 0.29) is 12.4 Å². The molecule has 124 valence electrons. The third-order valence-electron chi connectivity index (χ3n) is 2.93. The number of benzene rings is 1. The first-order valence-corrected chi connectivity index (χ1v) is 9.14. The molecular formula is C15H12ClN3O3S2. The van der Waals surface area contributed by atoms with Gasteiger partial charge in [-0.25, -0.2) is 0 Å². The zero-order valence-electron chi connectivity index (χ0n) is 12.2. The molecule has 0 bridgehead atoms. The maximum Gasteiger partial charge on any atom is 0.320 e. The molecule has 6 nitrogen and oxygen atoms in total. The smallest absolute Gasteiger partial charge is 0.320 e. The van der Waals surface area contributed by atoms with Crippen molar-refractivity contribution >= 4 is 52.4 Å². The molecule has 2 N–H and O–H groups in total. The third-order valence-corrected chi connectivity index (χ3v) is 5.42. The van der Waals surface area contributed by atoms with Crippen molar-refractivity contribution in [1.82, 2.24) is 10.2 Å². The molecule has 1 aromatic carbocycles. The van der Waals surface area contributed by atoms with Gasteiger partial charge in [-0.15, -0.1) is 28.2 Å². The molecule has 24 heavy (non-hydrogen) atoms. The molecule has 0 amide bonds. The Morgan fingerprint density at radius 3 is 2.83 bits per heavy atom. The van der Waals surface area contributed by atoms with E-state index in [1.807, 2.05) is 23.6 Å². The molecule has 0 aliphatic rings. The van der Waals surface area contributed by atoms with E-state index in [2.05, 4.69) is 15.5 Å². The minimum Gasteiger partial charge on any atom is -0.481 e. The highest BCUT2D eigenvalue weighted by Gasteiger charge is 2.15. The summed E-state index contributed by atoms with van der Waals surface area (Å²) in [5, 5.41) is 22.3. The molecule has 0 saturated heterocycles. The first-order chi connectivity index (χ1) is 11.6. The zero-order chi connectivity index (χ0) is 16.9. The Labute approximate surface area is 150 Å². The van der Waals surface area contributed by atoms with Crippen LogP contribution in [-0.4, -0.2) is 27.0 Å². The lowest BCUT2D eigenvalue weighted by atomic mass is 10.3. The third kappa shape index (κ3) is 4.28. The Hall–Kier alpha value is -2.03. The van der Waals surface area contributed by atoms with Crippen molar-refractivity contribution in [1.29, 1.82) is 0 Å². The molecule has 3 rings (SSSR count). The molecule has 2 heterocycles. The first-order valence-electron chi connectivity index (χ1n) is 6.90. The molecule has 0 aliphatic heterocycles. The molecule has 0 radical (unpaired) electrons. The number of nitrogens with zero attached hydrogens (tertiary/aromatic N) is 2. The van der Waals surface area contributed by atoms with E-state index >= 15 is 0 Å². The fourth-order valence-electron chi connectivity index (χ4n) is 1.84. The zero-order valence-corrected chi connectivity index (χ0v) is 14.6. The second-order valence-electron chi connectivity index (χ2n) is 4.66. The number of nitrogens with one attached hydrogen (secondary N) is 1. The molecule has 0 unspecified atom stereocenters. The molecule has 0 fully saturated rings. The van der Waals surface area contributed by atoms with E-state index in [1.165, 1.54) is 23.1 Å². The summed E-state index contributed by atoms with van der Waals surface area (Å²) in [6.45, 7) is 0. The van der Waals surface area contributed by atoms with Crippen LogP contribution in [0.15, 0.2) is 44.3 Å². The molecule has 2 aromatic heterocycles. The lowest BCUT2D eigenvalue weighted by Crippen LogP contribution is -1.95. The van der Waals surface area contributed by atoms with Crippen molar-refractivity contribution in [3.8, 4) is 11.5 Å². The van der Waals surface area contributed by atoms with Crippen LogP contribution in [0.4, 0.5) is 11.7 Å². The maximum atomic E-state index is 10.6. The molecular weight excluding hydrogens is 370 g/mol. The Morgan fingerprint density at radius 2 is 2.08 bits per heavy atom. The van der Waals surface area contributed by atoms with Crippen LogP contribution in [0.2, 0.25) is 5.02 Å². The summed E-state index contributed by atoms with van der Waals surface area (Å²) in [5.74, 6) is 0.0748. The summed E-state index contributed by atoms with van der Waals surface area (Å²) < 4.78 is 6.60. The number of thiophene rings is 1. The number of anilines is 2. The fraction of sp³-hybridized carbons (Fsp3) is 0.133. The molecule has 0 atom stereocenters. The number of hydrogen-bond acceptors (Lipinski definition) is 7. The van der Waals surface area contributed by atoms with Gasteiger partial charge < -0.3 is 14.8 Å². The summed E-state index contributed by atoms with van der Waals surface area (Å²) in [5.41, 5.74) is 1.60. The van der Waals surface area contributed by atoms with Gasteiger partial charge in [0.15, 0.2) is 0 Å². The van der Waals surface area contributed by atoms with Crippen LogP contribution in [0.5, 0.6) is 0 Å². The van der Waals surface area contributed by atoms with Gasteiger partial charge in [-0.2, -0.15) is 0 Å². The van der Waals surface area contributed by atoms with Crippen molar-refractivity contribution in [2.24, 2.45) is 0 Å². The first kappa shape index (κ1) is 16.8. The quantitative estimate of drug-likeness (QED) is 0.570. The normalized spacial score (nSPS) is 10.7. The predicted octanol–water partition coefficient (Wildman–Crippen LogP) is 4.76. The Morgan fingerprint density at radius 1 is 1.29 bits per heavy atom. The van der Waals surface area contributed by atoms with E-state index in [9.17, 15) is 4.79 Å². The predicted molar refractivity (Wildman–Crippen MR) is 95.3 cm³/mol. The number of carboxylic acids is 1. The fourth-order valence-corrected chi connectivity index (χ4v) is 4.03. The van der Waals surface area contributed by atoms with E-state index in [0.717, 1.165) is 15.5 Å². The number of thioether (sulfide) groups is 1. The Bertz CT molecular complexity index is 833. The van der Waals surface area contributed by atoms with Crippen LogP contribution in [0.25, 0.3) is 11.5 Å². The minimum atomic E-state index is -0.812. The number of carboxylic acid groups (broad SMARTS) is 1. The summed E-state index contributed by atoms with van der Waals surface area (Å²) in [4.78, 5) is 10.6. The van der Waals surface area contributed by atoms with Gasteiger partial charge in [-0.05, 0) is 35.7 Å². The Balaban J connectivity index is 1.70. The van der Waals surface area contributed by atoms with Crippen molar-refractivity contribution in [3.63, 3.8) is 0 Å². The second-order valence-corrected chi connectivity index (χ2v) is 7.37. The van der Waals surface area contributed by atoms with Gasteiger partial charge in [0, 0.05) is 16.5 Å². The van der Waals surface area contributed by atoms with Crippen molar-refractivity contribution in [2.45, 2.75) is 10.6 Å². The maximum absolute atomic E-state index is 10.6. The van der Waals surface area contributed by atoms with Gasteiger partial charge in [0.1, 0.15) is 0 Å². The highest BCUT2D eigenvalue weighted by molar-refractivity contribution is 8.01. The number of aromatic nitrogens is 2. The number of halogens is 1. The SMILES string of the molecule is O=C(O)CCSc1sccc1-c1nnc(Nc2ccc(Cl)cc2)o1. The van der Waals surface area contributed by atoms with E-state index in [1.54, 1.807) is 12.1 Å².